The summed E-state index contributed by atoms with van der Waals surface area (Å²) in [6, 6.07) is 9.32. The number of aromatic nitrogens is 4. The number of nitrogens with two attached hydrogens (primary N) is 1. The first kappa shape index (κ1) is 25.0. The molecule has 10 heteroatoms. The second-order valence-corrected chi connectivity index (χ2v) is 9.63. The predicted octanol–water partition coefficient (Wildman–Crippen LogP) is 2.63. The molecule has 3 aromatic rings. The lowest BCUT2D eigenvalue weighted by Gasteiger charge is -2.16. The minimum Gasteiger partial charge on any atom is -0.384 e. The van der Waals surface area contributed by atoms with E-state index in [1.165, 1.54) is 16.3 Å². The summed E-state index contributed by atoms with van der Waals surface area (Å²) in [6.07, 6.45) is 2.17. The van der Waals surface area contributed by atoms with Gasteiger partial charge in [-0.15, -0.1) is 0 Å². The van der Waals surface area contributed by atoms with Gasteiger partial charge in [-0.3, -0.25) is 18.7 Å². The Morgan fingerprint density at radius 2 is 1.91 bits per heavy atom. The van der Waals surface area contributed by atoms with Crippen LogP contribution >= 0.6 is 11.8 Å². The molecule has 0 spiro atoms. The maximum absolute atomic E-state index is 13.3. The fourth-order valence-corrected chi connectivity index (χ4v) is 5.29. The number of carbonyl (C=O) groups excluding carboxylic acids is 1. The average molecular weight is 498 g/mol. The number of carbonyl (C=O) groups is 1. The smallest absolute Gasteiger partial charge is 0.332 e. The first-order chi connectivity index (χ1) is 16.8. The van der Waals surface area contributed by atoms with Gasteiger partial charge in [0, 0.05) is 18.8 Å². The molecule has 0 saturated carbocycles. The van der Waals surface area contributed by atoms with E-state index in [4.69, 9.17) is 10.5 Å². The lowest BCUT2D eigenvalue weighted by molar-refractivity contribution is 0.0945. The van der Waals surface area contributed by atoms with E-state index in [9.17, 15) is 14.4 Å². The van der Waals surface area contributed by atoms with Crippen LogP contribution in [0.3, 0.4) is 0 Å². The number of aryl methyl sites for hydroxylation is 1. The van der Waals surface area contributed by atoms with E-state index >= 15 is 0 Å². The third-order valence-electron chi connectivity index (χ3n) is 6.41. The molecule has 0 amide bonds. The first-order valence-corrected chi connectivity index (χ1v) is 12.8. The van der Waals surface area contributed by atoms with E-state index in [0.29, 0.717) is 11.7 Å². The van der Waals surface area contributed by atoms with Gasteiger partial charge in [0.15, 0.2) is 10.9 Å². The summed E-state index contributed by atoms with van der Waals surface area (Å²) in [5.74, 6) is -0.550. The summed E-state index contributed by atoms with van der Waals surface area (Å²) >= 11 is 1.27. The van der Waals surface area contributed by atoms with Gasteiger partial charge < -0.3 is 15.0 Å². The Kier molecular flexibility index (Phi) is 7.61. The van der Waals surface area contributed by atoms with E-state index in [-0.39, 0.29) is 36.3 Å². The average Bonchev–Trinajstić information content (AvgIpc) is 3.45. The van der Waals surface area contributed by atoms with Crippen molar-refractivity contribution in [3.63, 3.8) is 0 Å². The summed E-state index contributed by atoms with van der Waals surface area (Å²) in [5.41, 5.74) is 7.71. The van der Waals surface area contributed by atoms with Crippen LogP contribution in [-0.2, 0) is 24.4 Å². The van der Waals surface area contributed by atoms with Crippen LogP contribution in [0.5, 0.6) is 0 Å². The monoisotopic (exact) mass is 497 g/mol. The van der Waals surface area contributed by atoms with Crippen molar-refractivity contribution in [2.75, 3.05) is 18.1 Å². The molecule has 1 aliphatic heterocycles. The van der Waals surface area contributed by atoms with Gasteiger partial charge >= 0.3 is 5.69 Å². The molecule has 1 aliphatic rings. The molecule has 35 heavy (non-hydrogen) atoms. The number of imidazole rings is 1. The zero-order valence-electron chi connectivity index (χ0n) is 20.3. The van der Waals surface area contributed by atoms with Crippen LogP contribution in [0.1, 0.15) is 47.1 Å². The highest BCUT2D eigenvalue weighted by Gasteiger charge is 2.25. The van der Waals surface area contributed by atoms with E-state index in [0.717, 1.165) is 41.0 Å². The van der Waals surface area contributed by atoms with Crippen molar-refractivity contribution in [3.05, 3.63) is 73.7 Å². The molecule has 0 aliphatic carbocycles. The normalized spacial score (nSPS) is 15.6. The Morgan fingerprint density at radius 1 is 1.17 bits per heavy atom. The van der Waals surface area contributed by atoms with Gasteiger partial charge in [-0.25, -0.2) is 9.78 Å². The van der Waals surface area contributed by atoms with Crippen LogP contribution in [0.25, 0.3) is 0 Å². The first-order valence-electron chi connectivity index (χ1n) is 11.8. The van der Waals surface area contributed by atoms with E-state index < -0.39 is 17.0 Å². The minimum atomic E-state index is -0.653. The van der Waals surface area contributed by atoms with Gasteiger partial charge in [0.05, 0.1) is 30.6 Å². The number of ketones is 1. The minimum absolute atomic E-state index is 0.0197. The molecular weight excluding hydrogens is 466 g/mol. The zero-order chi connectivity index (χ0) is 25.1. The summed E-state index contributed by atoms with van der Waals surface area (Å²) in [6.45, 7) is 7.39. The summed E-state index contributed by atoms with van der Waals surface area (Å²) in [7, 11) is 0. The van der Waals surface area contributed by atoms with Gasteiger partial charge in [-0.05, 0) is 39.2 Å². The molecule has 3 heterocycles. The zero-order valence-corrected chi connectivity index (χ0v) is 21.1. The number of ether oxygens (including phenoxy) is 1. The van der Waals surface area contributed by atoms with Crippen LogP contribution in [-0.4, -0.2) is 42.9 Å². The molecule has 1 atom stereocenters. The molecule has 2 N–H and O–H groups in total. The topological polar surface area (TPSA) is 114 Å². The molecule has 186 valence electrons. The molecule has 4 rings (SSSR count). The predicted molar refractivity (Wildman–Crippen MR) is 136 cm³/mol. The fourth-order valence-electron chi connectivity index (χ4n) is 4.32. The summed E-state index contributed by atoms with van der Waals surface area (Å²) in [5, 5.41) is 0.704. The number of benzene rings is 1. The number of anilines is 1. The van der Waals surface area contributed by atoms with Gasteiger partial charge in [-0.2, -0.15) is 0 Å². The molecule has 2 aromatic heterocycles. The number of hydrogen-bond acceptors (Lipinski definition) is 7. The standard InChI is InChI=1S/C25H31N5O4S/c1-4-28-23(32)21(22(26)30(25(28)33)13-18-9-6-5-7-10-18)20(31)15-35-24-27-16(2)17(3)29(24)14-19-11-8-12-34-19/h5-7,9-10,19H,4,8,11-15,26H2,1-3H3. The number of rotatable bonds is 9. The highest BCUT2D eigenvalue weighted by molar-refractivity contribution is 7.99. The van der Waals surface area contributed by atoms with Gasteiger partial charge in [0.1, 0.15) is 11.4 Å². The van der Waals surface area contributed by atoms with Crippen molar-refractivity contribution < 1.29 is 9.53 Å². The number of hydrogen-bond donors (Lipinski definition) is 1. The quantitative estimate of drug-likeness (QED) is 0.357. The van der Waals surface area contributed by atoms with Gasteiger partial charge in [-0.1, -0.05) is 42.1 Å². The van der Waals surface area contributed by atoms with Crippen molar-refractivity contribution in [2.45, 2.75) is 64.5 Å². The van der Waals surface area contributed by atoms with Crippen molar-refractivity contribution in [3.8, 4) is 0 Å². The second-order valence-electron chi connectivity index (χ2n) is 8.69. The highest BCUT2D eigenvalue weighted by atomic mass is 32.2. The second kappa shape index (κ2) is 10.7. The number of nitrogen functional groups attached to an aromatic ring is 1. The Balaban J connectivity index is 1.63. The summed E-state index contributed by atoms with van der Waals surface area (Å²) in [4.78, 5) is 43.9. The van der Waals surface area contributed by atoms with Crippen molar-refractivity contribution in [2.24, 2.45) is 0 Å². The SMILES string of the molecule is CCn1c(=O)c(C(=O)CSc2nc(C)c(C)n2CC2CCCO2)c(N)n(Cc2ccccc2)c1=O. The third-order valence-corrected chi connectivity index (χ3v) is 7.39. The molecule has 1 saturated heterocycles. The van der Waals surface area contributed by atoms with E-state index in [1.54, 1.807) is 6.92 Å². The Morgan fingerprint density at radius 3 is 2.57 bits per heavy atom. The Labute approximate surface area is 207 Å². The number of Topliss-reactive ketones (excluding diaryl/α,β-unsaturated/α-hetero) is 1. The third kappa shape index (κ3) is 5.13. The van der Waals surface area contributed by atoms with Crippen LogP contribution < -0.4 is 17.0 Å². The maximum atomic E-state index is 13.3. The van der Waals surface area contributed by atoms with Crippen molar-refractivity contribution in [1.82, 2.24) is 18.7 Å². The van der Waals surface area contributed by atoms with Crippen LogP contribution in [0.4, 0.5) is 5.82 Å². The van der Waals surface area contributed by atoms with E-state index in [1.807, 2.05) is 44.2 Å². The molecule has 9 nitrogen and oxygen atoms in total. The van der Waals surface area contributed by atoms with Gasteiger partial charge in [0.2, 0.25) is 0 Å². The van der Waals surface area contributed by atoms with Crippen LogP contribution in [0.15, 0.2) is 45.1 Å². The Bertz CT molecular complexity index is 1340. The van der Waals surface area contributed by atoms with E-state index in [2.05, 4.69) is 9.55 Å². The van der Waals surface area contributed by atoms with Gasteiger partial charge in [0.25, 0.3) is 5.56 Å². The highest BCUT2D eigenvalue weighted by Crippen LogP contribution is 2.25. The molecule has 1 fully saturated rings. The number of nitrogens with zero attached hydrogens (tertiary/aromatic N) is 4. The molecule has 0 bridgehead atoms. The van der Waals surface area contributed by atoms with Crippen molar-refractivity contribution >= 4 is 23.4 Å². The molecule has 0 radical (unpaired) electrons. The lowest BCUT2D eigenvalue weighted by atomic mass is 10.2. The molecular formula is C25H31N5O4S. The van der Waals surface area contributed by atoms with Crippen molar-refractivity contribution in [1.29, 1.82) is 0 Å². The largest absolute Gasteiger partial charge is 0.384 e. The lowest BCUT2D eigenvalue weighted by Crippen LogP contribution is -2.44. The Hall–Kier alpha value is -3.11. The molecule has 1 aromatic carbocycles. The molecule has 1 unspecified atom stereocenters. The maximum Gasteiger partial charge on any atom is 0.332 e. The van der Waals surface area contributed by atoms with Crippen LogP contribution in [0, 0.1) is 13.8 Å². The summed E-state index contributed by atoms with van der Waals surface area (Å²) < 4.78 is 10.2. The number of thioether (sulfide) groups is 1. The fraction of sp³-hybridized carbons (Fsp3) is 0.440. The van der Waals surface area contributed by atoms with Crippen LogP contribution in [0.2, 0.25) is 0 Å².